The second-order valence-electron chi connectivity index (χ2n) is 9.11. The number of nitrogens with one attached hydrogen (secondary N) is 1. The molecule has 0 saturated carbocycles. The fourth-order valence-electron chi connectivity index (χ4n) is 4.21. The first-order valence-corrected chi connectivity index (χ1v) is 15.2. The van der Waals surface area contributed by atoms with Crippen LogP contribution in [0, 0.1) is 12.8 Å². The van der Waals surface area contributed by atoms with Crippen molar-refractivity contribution in [2.45, 2.75) is 79.3 Å². The van der Waals surface area contributed by atoms with Gasteiger partial charge in [0, 0.05) is 28.8 Å². The first-order valence-electron chi connectivity index (χ1n) is 12.8. The van der Waals surface area contributed by atoms with Crippen molar-refractivity contribution >= 4 is 34.7 Å². The van der Waals surface area contributed by atoms with Crippen molar-refractivity contribution in [2.75, 3.05) is 18.6 Å². The van der Waals surface area contributed by atoms with Crippen molar-refractivity contribution in [2.24, 2.45) is 5.92 Å². The van der Waals surface area contributed by atoms with Gasteiger partial charge in [0.1, 0.15) is 0 Å². The number of hydrogen-bond donors (Lipinski definition) is 1. The summed E-state index contributed by atoms with van der Waals surface area (Å²) in [6.45, 7) is 15.6. The third kappa shape index (κ3) is 8.63. The van der Waals surface area contributed by atoms with Gasteiger partial charge in [-0.3, -0.25) is 0 Å². The lowest BCUT2D eigenvalue weighted by molar-refractivity contribution is 0.415. The predicted octanol–water partition coefficient (Wildman–Crippen LogP) is 8.56. The molecule has 194 valence electrons. The molecule has 1 atom stereocenters. The van der Waals surface area contributed by atoms with E-state index in [1.54, 1.807) is 17.4 Å². The Morgan fingerprint density at radius 3 is 2.60 bits per heavy atom. The number of aromatic nitrogens is 3. The Morgan fingerprint density at radius 2 is 2.00 bits per heavy atom. The lowest BCUT2D eigenvalue weighted by Gasteiger charge is -2.23. The summed E-state index contributed by atoms with van der Waals surface area (Å²) >= 11 is 10.1. The minimum atomic E-state index is -0.0277. The van der Waals surface area contributed by atoms with E-state index in [0.717, 1.165) is 47.4 Å². The number of aryl methyl sites for hydroxylation is 1. The minimum absolute atomic E-state index is 0.0277. The number of likely N-dealkylation sites (N-methyl/N-ethyl adjacent to an activating group) is 1. The lowest BCUT2D eigenvalue weighted by atomic mass is 9.96. The molecule has 1 fully saturated rings. The summed E-state index contributed by atoms with van der Waals surface area (Å²) < 4.78 is 2.37. The molecule has 3 heterocycles. The Bertz CT molecular complexity index is 983. The van der Waals surface area contributed by atoms with Crippen LogP contribution in [0.4, 0.5) is 0 Å². The third-order valence-corrected chi connectivity index (χ3v) is 8.22. The molecule has 0 aromatic carbocycles. The van der Waals surface area contributed by atoms with E-state index in [1.807, 2.05) is 19.3 Å². The summed E-state index contributed by atoms with van der Waals surface area (Å²) in [5.41, 5.74) is 4.69. The van der Waals surface area contributed by atoms with Gasteiger partial charge in [0.25, 0.3) is 0 Å². The van der Waals surface area contributed by atoms with Gasteiger partial charge in [0.2, 0.25) is 0 Å². The summed E-state index contributed by atoms with van der Waals surface area (Å²) in [7, 11) is 1.98. The second-order valence-corrected chi connectivity index (χ2v) is 11.6. The maximum atomic E-state index is 6.36. The molecule has 0 spiro atoms. The lowest BCUT2D eigenvalue weighted by Crippen LogP contribution is -2.20. The predicted molar refractivity (Wildman–Crippen MR) is 158 cm³/mol. The Labute approximate surface area is 226 Å². The average Bonchev–Trinajstić information content (AvgIpc) is 3.47. The Hall–Kier alpha value is -1.34. The van der Waals surface area contributed by atoms with E-state index in [1.165, 1.54) is 42.0 Å². The van der Waals surface area contributed by atoms with Crippen molar-refractivity contribution in [1.29, 1.82) is 0 Å². The molecule has 1 N–H and O–H groups in total. The van der Waals surface area contributed by atoms with E-state index in [9.17, 15) is 0 Å². The van der Waals surface area contributed by atoms with Crippen LogP contribution < -0.4 is 5.32 Å². The Balaban J connectivity index is 0.00000137. The topological polar surface area (TPSA) is 42.7 Å². The quantitative estimate of drug-likeness (QED) is 0.310. The van der Waals surface area contributed by atoms with Crippen LogP contribution in [0.1, 0.15) is 77.2 Å². The van der Waals surface area contributed by atoms with Crippen LogP contribution >= 0.6 is 34.7 Å². The van der Waals surface area contributed by atoms with Gasteiger partial charge in [-0.15, -0.1) is 11.3 Å². The second kappa shape index (κ2) is 15.7. The number of thiazole rings is 1. The molecule has 2 aromatic heterocycles. The van der Waals surface area contributed by atoms with Gasteiger partial charge in [-0.25, -0.2) is 9.97 Å². The molecular weight excluding hydrogens is 492 g/mol. The molecular formula is C28H43ClN4S2. The van der Waals surface area contributed by atoms with E-state index < -0.39 is 0 Å². The van der Waals surface area contributed by atoms with Crippen LogP contribution in [-0.4, -0.2) is 33.1 Å². The number of halogens is 1. The van der Waals surface area contributed by atoms with E-state index in [2.05, 4.69) is 68.2 Å². The zero-order valence-corrected chi connectivity index (χ0v) is 24.8. The highest BCUT2D eigenvalue weighted by molar-refractivity contribution is 7.99. The number of nitrogens with zero attached hydrogens (tertiary/aromatic N) is 3. The maximum Gasteiger partial charge on any atom is 0.169 e. The van der Waals surface area contributed by atoms with Crippen LogP contribution in [0.25, 0.3) is 10.8 Å². The van der Waals surface area contributed by atoms with Gasteiger partial charge in [-0.1, -0.05) is 63.4 Å². The molecule has 0 bridgehead atoms. The molecule has 4 nitrogen and oxygen atoms in total. The fourth-order valence-corrected chi connectivity index (χ4v) is 6.38. The van der Waals surface area contributed by atoms with Gasteiger partial charge in [0.05, 0.1) is 11.7 Å². The third-order valence-electron chi connectivity index (χ3n) is 6.05. The van der Waals surface area contributed by atoms with Crippen molar-refractivity contribution in [3.63, 3.8) is 0 Å². The van der Waals surface area contributed by atoms with Crippen LogP contribution in [0.3, 0.4) is 0 Å². The first kappa shape index (κ1) is 29.9. The molecule has 0 amide bonds. The van der Waals surface area contributed by atoms with Gasteiger partial charge in [-0.05, 0) is 69.2 Å². The van der Waals surface area contributed by atoms with Crippen LogP contribution in [-0.2, 0) is 6.54 Å². The van der Waals surface area contributed by atoms with E-state index in [4.69, 9.17) is 21.6 Å². The monoisotopic (exact) mass is 534 g/mol. The molecule has 7 heteroatoms. The molecule has 1 aliphatic heterocycles. The van der Waals surface area contributed by atoms with Crippen LogP contribution in [0.5, 0.6) is 0 Å². The number of thioether (sulfide) groups is 1. The number of allylic oxidation sites excluding steroid dienone is 3. The highest BCUT2D eigenvalue weighted by Gasteiger charge is 2.23. The molecule has 1 unspecified atom stereocenters. The smallest absolute Gasteiger partial charge is 0.169 e. The van der Waals surface area contributed by atoms with E-state index >= 15 is 0 Å². The molecule has 0 radical (unpaired) electrons. The van der Waals surface area contributed by atoms with E-state index in [-0.39, 0.29) is 6.04 Å². The van der Waals surface area contributed by atoms with E-state index in [0.29, 0.717) is 5.03 Å². The summed E-state index contributed by atoms with van der Waals surface area (Å²) in [5, 5.41) is 7.22. The van der Waals surface area contributed by atoms with Gasteiger partial charge in [-0.2, -0.15) is 11.8 Å². The molecule has 3 rings (SSSR count). The first-order chi connectivity index (χ1) is 16.9. The van der Waals surface area contributed by atoms with Gasteiger partial charge in [0.15, 0.2) is 10.8 Å². The number of hydrogen-bond acceptors (Lipinski definition) is 5. The Morgan fingerprint density at radius 1 is 1.31 bits per heavy atom. The molecule has 1 saturated heterocycles. The summed E-state index contributed by atoms with van der Waals surface area (Å²) in [5.74, 6) is 4.25. The molecule has 2 aromatic rings. The summed E-state index contributed by atoms with van der Waals surface area (Å²) in [6, 6.07) is -0.0277. The summed E-state index contributed by atoms with van der Waals surface area (Å²) in [6.07, 6.45) is 11.6. The average molecular weight is 535 g/mol. The number of rotatable bonds is 10. The largest absolute Gasteiger partial charge is 0.326 e. The highest BCUT2D eigenvalue weighted by atomic mass is 35.5. The molecule has 0 aliphatic carbocycles. The standard InChI is InChI=1S/C25H35ClN4S2.C3H8/c1-6-8-17(3)21(13-20(26)7-2)23(27-5)22-16-32-25(29-22)24-28-14-18(4)30(24)15-19-9-11-31-12-10-19;1-3-2/h7,13-14,16,19,23,27H,2,6,8-12,15H2,1,3-5H3;3H2,1-2H3/b20-13+,21-17-;. The Kier molecular flexibility index (Phi) is 13.4. The van der Waals surface area contributed by atoms with Crippen molar-refractivity contribution in [3.8, 4) is 10.8 Å². The SMILES string of the molecule is C=C/C(Cl)=C\C(=C(/C)CCC)C(NC)c1csc(-c2ncc(C)n2CC2CCSCC2)n1.CCC. The normalized spacial score (nSPS) is 16.4. The van der Waals surface area contributed by atoms with Gasteiger partial charge < -0.3 is 9.88 Å². The van der Waals surface area contributed by atoms with Gasteiger partial charge >= 0.3 is 0 Å². The molecule has 35 heavy (non-hydrogen) atoms. The van der Waals surface area contributed by atoms with Crippen LogP contribution in [0.2, 0.25) is 0 Å². The highest BCUT2D eigenvalue weighted by Crippen LogP contribution is 2.33. The maximum absolute atomic E-state index is 6.36. The fraction of sp³-hybridized carbons (Fsp3) is 0.571. The number of imidazole rings is 1. The zero-order chi connectivity index (χ0) is 25.8. The van der Waals surface area contributed by atoms with Crippen molar-refractivity contribution in [1.82, 2.24) is 19.9 Å². The summed E-state index contributed by atoms with van der Waals surface area (Å²) in [4.78, 5) is 9.80. The molecule has 1 aliphatic rings. The van der Waals surface area contributed by atoms with Crippen molar-refractivity contribution < 1.29 is 0 Å². The zero-order valence-electron chi connectivity index (χ0n) is 22.4. The minimum Gasteiger partial charge on any atom is -0.326 e. The van der Waals surface area contributed by atoms with Crippen molar-refractivity contribution in [3.05, 3.63) is 57.9 Å². The van der Waals surface area contributed by atoms with Crippen LogP contribution in [0.15, 0.2) is 46.5 Å².